The van der Waals surface area contributed by atoms with Gasteiger partial charge in [0.1, 0.15) is 11.6 Å². The molecule has 0 spiro atoms. The van der Waals surface area contributed by atoms with E-state index < -0.39 is 0 Å². The third-order valence-corrected chi connectivity index (χ3v) is 1.68. The summed E-state index contributed by atoms with van der Waals surface area (Å²) in [6, 6.07) is 4.41. The van der Waals surface area contributed by atoms with Crippen molar-refractivity contribution in [3.05, 3.63) is 29.6 Å². The standard InChI is InChI=1S/C9H12FN3O/c1-14-7-2-3-8(10)6(4-7)5-13-9(11)12/h2-4H,5H2,1H3,(H4,11,12,13). The van der Waals surface area contributed by atoms with Gasteiger partial charge >= 0.3 is 0 Å². The van der Waals surface area contributed by atoms with E-state index in [1.807, 2.05) is 0 Å². The largest absolute Gasteiger partial charge is 0.497 e. The summed E-state index contributed by atoms with van der Waals surface area (Å²) < 4.78 is 18.1. The van der Waals surface area contributed by atoms with Crippen molar-refractivity contribution in [2.24, 2.45) is 16.5 Å². The Bertz CT molecular complexity index is 348. The Labute approximate surface area is 81.4 Å². The SMILES string of the molecule is COc1ccc(F)c(CN=C(N)N)c1. The van der Waals surface area contributed by atoms with Gasteiger partial charge in [-0.05, 0) is 18.2 Å². The smallest absolute Gasteiger partial charge is 0.186 e. The summed E-state index contributed by atoms with van der Waals surface area (Å²) in [4.78, 5) is 3.71. The van der Waals surface area contributed by atoms with E-state index in [1.54, 1.807) is 6.07 Å². The number of hydrogen-bond donors (Lipinski definition) is 2. The Kier molecular flexibility index (Phi) is 3.28. The van der Waals surface area contributed by atoms with Crippen LogP contribution in [0.4, 0.5) is 4.39 Å². The maximum absolute atomic E-state index is 13.1. The lowest BCUT2D eigenvalue weighted by Gasteiger charge is -2.03. The molecule has 0 unspecified atom stereocenters. The van der Waals surface area contributed by atoms with Crippen molar-refractivity contribution < 1.29 is 9.13 Å². The first kappa shape index (κ1) is 10.3. The van der Waals surface area contributed by atoms with E-state index in [1.165, 1.54) is 19.2 Å². The van der Waals surface area contributed by atoms with Crippen LogP contribution in [0.25, 0.3) is 0 Å². The number of nitrogens with two attached hydrogens (primary N) is 2. The molecule has 0 saturated carbocycles. The van der Waals surface area contributed by atoms with Gasteiger partial charge in [-0.1, -0.05) is 0 Å². The molecular weight excluding hydrogens is 185 g/mol. The van der Waals surface area contributed by atoms with Gasteiger partial charge in [0.2, 0.25) is 0 Å². The topological polar surface area (TPSA) is 73.6 Å². The number of nitrogens with zero attached hydrogens (tertiary/aromatic N) is 1. The first-order chi connectivity index (χ1) is 6.63. The monoisotopic (exact) mass is 197 g/mol. The Morgan fingerprint density at radius 3 is 2.79 bits per heavy atom. The van der Waals surface area contributed by atoms with Gasteiger partial charge in [0.25, 0.3) is 0 Å². The first-order valence-electron chi connectivity index (χ1n) is 4.01. The van der Waals surface area contributed by atoms with Crippen LogP contribution in [-0.2, 0) is 6.54 Å². The number of halogens is 1. The molecule has 0 saturated heterocycles. The molecule has 5 heteroatoms. The van der Waals surface area contributed by atoms with Gasteiger partial charge in [0, 0.05) is 5.56 Å². The molecule has 76 valence electrons. The molecule has 1 aromatic rings. The summed E-state index contributed by atoms with van der Waals surface area (Å²) in [5, 5.41) is 0. The molecule has 0 fully saturated rings. The number of guanidine groups is 1. The second kappa shape index (κ2) is 4.45. The van der Waals surface area contributed by atoms with Crippen LogP contribution in [-0.4, -0.2) is 13.1 Å². The van der Waals surface area contributed by atoms with Gasteiger partial charge in [-0.25, -0.2) is 9.38 Å². The van der Waals surface area contributed by atoms with Gasteiger partial charge in [-0.3, -0.25) is 0 Å². The minimum Gasteiger partial charge on any atom is -0.497 e. The summed E-state index contributed by atoms with van der Waals surface area (Å²) in [5.41, 5.74) is 10.7. The van der Waals surface area contributed by atoms with E-state index in [9.17, 15) is 4.39 Å². The van der Waals surface area contributed by atoms with Crippen LogP contribution in [0, 0.1) is 5.82 Å². The summed E-state index contributed by atoms with van der Waals surface area (Å²) in [6.07, 6.45) is 0. The third-order valence-electron chi connectivity index (χ3n) is 1.68. The zero-order valence-corrected chi connectivity index (χ0v) is 7.83. The Morgan fingerprint density at radius 1 is 1.50 bits per heavy atom. The van der Waals surface area contributed by atoms with E-state index in [0.717, 1.165) is 0 Å². The molecule has 0 bridgehead atoms. The van der Waals surface area contributed by atoms with Crippen LogP contribution in [0.15, 0.2) is 23.2 Å². The van der Waals surface area contributed by atoms with Crippen molar-refractivity contribution >= 4 is 5.96 Å². The summed E-state index contributed by atoms with van der Waals surface area (Å²) in [7, 11) is 1.51. The van der Waals surface area contributed by atoms with Gasteiger partial charge in [0.15, 0.2) is 5.96 Å². The van der Waals surface area contributed by atoms with Crippen LogP contribution in [0.5, 0.6) is 5.75 Å². The highest BCUT2D eigenvalue weighted by Crippen LogP contribution is 2.16. The minimum atomic E-state index is -0.351. The highest BCUT2D eigenvalue weighted by Gasteiger charge is 2.02. The fraction of sp³-hybridized carbons (Fsp3) is 0.222. The van der Waals surface area contributed by atoms with Crippen molar-refractivity contribution in [3.8, 4) is 5.75 Å². The molecule has 1 rings (SSSR count). The van der Waals surface area contributed by atoms with E-state index in [-0.39, 0.29) is 18.3 Å². The van der Waals surface area contributed by atoms with Crippen LogP contribution < -0.4 is 16.2 Å². The maximum Gasteiger partial charge on any atom is 0.186 e. The summed E-state index contributed by atoms with van der Waals surface area (Å²) in [6.45, 7) is 0.116. The van der Waals surface area contributed by atoms with Crippen molar-refractivity contribution in [2.45, 2.75) is 6.54 Å². The van der Waals surface area contributed by atoms with E-state index in [4.69, 9.17) is 16.2 Å². The molecule has 0 atom stereocenters. The molecule has 0 aliphatic carbocycles. The second-order valence-corrected chi connectivity index (χ2v) is 2.70. The van der Waals surface area contributed by atoms with Crippen molar-refractivity contribution in [1.29, 1.82) is 0 Å². The lowest BCUT2D eigenvalue weighted by molar-refractivity contribution is 0.413. The minimum absolute atomic E-state index is 0.0628. The van der Waals surface area contributed by atoms with Gasteiger partial charge in [0.05, 0.1) is 13.7 Å². The number of aliphatic imine (C=N–C) groups is 1. The van der Waals surface area contributed by atoms with E-state index in [0.29, 0.717) is 11.3 Å². The zero-order valence-electron chi connectivity index (χ0n) is 7.83. The third kappa shape index (κ3) is 2.62. The number of benzene rings is 1. The highest BCUT2D eigenvalue weighted by atomic mass is 19.1. The van der Waals surface area contributed by atoms with E-state index in [2.05, 4.69) is 4.99 Å². The van der Waals surface area contributed by atoms with E-state index >= 15 is 0 Å². The normalized spacial score (nSPS) is 9.57. The summed E-state index contributed by atoms with van der Waals surface area (Å²) in [5.74, 6) is 0.162. The van der Waals surface area contributed by atoms with Crippen molar-refractivity contribution in [1.82, 2.24) is 0 Å². The van der Waals surface area contributed by atoms with Crippen molar-refractivity contribution in [2.75, 3.05) is 7.11 Å². The second-order valence-electron chi connectivity index (χ2n) is 2.70. The average Bonchev–Trinajstić information content (AvgIpc) is 2.16. The number of rotatable bonds is 3. The first-order valence-corrected chi connectivity index (χ1v) is 4.01. The molecule has 4 nitrogen and oxygen atoms in total. The fourth-order valence-electron chi connectivity index (χ4n) is 0.976. The molecule has 4 N–H and O–H groups in total. The number of methoxy groups -OCH3 is 1. The highest BCUT2D eigenvalue weighted by molar-refractivity contribution is 5.75. The van der Waals surface area contributed by atoms with Gasteiger partial charge in [-0.15, -0.1) is 0 Å². The molecule has 0 aliphatic rings. The van der Waals surface area contributed by atoms with Crippen molar-refractivity contribution in [3.63, 3.8) is 0 Å². The fourth-order valence-corrected chi connectivity index (χ4v) is 0.976. The number of hydrogen-bond acceptors (Lipinski definition) is 2. The quantitative estimate of drug-likeness (QED) is 0.550. The molecule has 14 heavy (non-hydrogen) atoms. The van der Waals surface area contributed by atoms with Crippen LogP contribution >= 0.6 is 0 Å². The molecule has 1 aromatic carbocycles. The Hall–Kier alpha value is -1.78. The van der Waals surface area contributed by atoms with Crippen LogP contribution in [0.1, 0.15) is 5.56 Å². The van der Waals surface area contributed by atoms with Gasteiger partial charge < -0.3 is 16.2 Å². The summed E-state index contributed by atoms with van der Waals surface area (Å²) >= 11 is 0. The van der Waals surface area contributed by atoms with Crippen LogP contribution in [0.2, 0.25) is 0 Å². The predicted octanol–water partition coefficient (Wildman–Crippen LogP) is 0.608. The molecule has 0 aliphatic heterocycles. The lowest BCUT2D eigenvalue weighted by Crippen LogP contribution is -2.22. The zero-order chi connectivity index (χ0) is 10.6. The average molecular weight is 197 g/mol. The van der Waals surface area contributed by atoms with Crippen LogP contribution in [0.3, 0.4) is 0 Å². The number of ether oxygens (including phenoxy) is 1. The predicted molar refractivity (Wildman–Crippen MR) is 52.5 cm³/mol. The molecule has 0 amide bonds. The lowest BCUT2D eigenvalue weighted by atomic mass is 10.2. The maximum atomic E-state index is 13.1. The molecular formula is C9H12FN3O. The molecule has 0 aromatic heterocycles. The molecule has 0 radical (unpaired) electrons. The Morgan fingerprint density at radius 2 is 2.21 bits per heavy atom. The Balaban J connectivity index is 2.89. The van der Waals surface area contributed by atoms with Gasteiger partial charge in [-0.2, -0.15) is 0 Å². The molecule has 0 heterocycles.